The van der Waals surface area contributed by atoms with Crippen LogP contribution in [0.2, 0.25) is 0 Å². The molecule has 1 aromatic carbocycles. The number of carbonyl (C=O) groups excluding carboxylic acids is 1. The highest BCUT2D eigenvalue weighted by atomic mass is 16.5. The first-order valence-corrected chi connectivity index (χ1v) is 7.99. The summed E-state index contributed by atoms with van der Waals surface area (Å²) in [5.41, 5.74) is 1.75. The van der Waals surface area contributed by atoms with Crippen LogP contribution in [0.1, 0.15) is 41.1 Å². The van der Waals surface area contributed by atoms with E-state index in [4.69, 9.17) is 14.0 Å². The Labute approximate surface area is 135 Å². The lowest BCUT2D eigenvalue weighted by atomic mass is 10.0. The standard InChI is InChI=1S/C18H21NO4/c20-17(7-6-15-8-9-21-11-15)18-10-16(19-23-18)13-22-12-14-4-2-1-3-5-14/h1-5,10,15H,6-9,11-13H2. The fourth-order valence-corrected chi connectivity index (χ4v) is 2.63. The van der Waals surface area contributed by atoms with Crippen molar-refractivity contribution in [3.05, 3.63) is 53.4 Å². The Bertz CT molecular complexity index is 617. The molecule has 2 heterocycles. The maximum absolute atomic E-state index is 12.1. The molecule has 1 aliphatic rings. The van der Waals surface area contributed by atoms with E-state index in [1.54, 1.807) is 6.07 Å². The Hall–Kier alpha value is -1.98. The van der Waals surface area contributed by atoms with Gasteiger partial charge in [0.15, 0.2) is 0 Å². The molecule has 0 aliphatic carbocycles. The summed E-state index contributed by atoms with van der Waals surface area (Å²) in [4.78, 5) is 12.1. The molecule has 0 N–H and O–H groups in total. The summed E-state index contributed by atoms with van der Waals surface area (Å²) in [7, 11) is 0. The second kappa shape index (κ2) is 8.04. The third-order valence-electron chi connectivity index (χ3n) is 4.00. The van der Waals surface area contributed by atoms with Crippen molar-refractivity contribution in [3.8, 4) is 0 Å². The number of ether oxygens (including phenoxy) is 2. The highest BCUT2D eigenvalue weighted by molar-refractivity contribution is 5.93. The SMILES string of the molecule is O=C(CCC1CCOC1)c1cc(COCc2ccccc2)no1. The Morgan fingerprint density at radius 3 is 2.91 bits per heavy atom. The lowest BCUT2D eigenvalue weighted by Crippen LogP contribution is -2.04. The molecule has 1 unspecified atom stereocenters. The van der Waals surface area contributed by atoms with Crippen molar-refractivity contribution < 1.29 is 18.8 Å². The number of carbonyl (C=O) groups is 1. The van der Waals surface area contributed by atoms with Crippen LogP contribution in [-0.2, 0) is 22.7 Å². The molecule has 1 atom stereocenters. The topological polar surface area (TPSA) is 61.6 Å². The maximum atomic E-state index is 12.1. The van der Waals surface area contributed by atoms with Crippen LogP contribution in [0.3, 0.4) is 0 Å². The normalized spacial score (nSPS) is 17.5. The molecule has 1 saturated heterocycles. The fraction of sp³-hybridized carbons (Fsp3) is 0.444. The summed E-state index contributed by atoms with van der Waals surface area (Å²) >= 11 is 0. The van der Waals surface area contributed by atoms with Crippen molar-refractivity contribution >= 4 is 5.78 Å². The second-order valence-electron chi connectivity index (χ2n) is 5.85. The number of hydrogen-bond donors (Lipinski definition) is 0. The number of ketones is 1. The van der Waals surface area contributed by atoms with Crippen LogP contribution >= 0.6 is 0 Å². The highest BCUT2D eigenvalue weighted by Crippen LogP contribution is 2.19. The fourth-order valence-electron chi connectivity index (χ4n) is 2.63. The largest absolute Gasteiger partial charge is 0.381 e. The molecule has 5 nitrogen and oxygen atoms in total. The van der Waals surface area contributed by atoms with Gasteiger partial charge in [0.05, 0.1) is 13.2 Å². The number of rotatable bonds is 8. The van der Waals surface area contributed by atoms with Gasteiger partial charge in [-0.25, -0.2) is 0 Å². The van der Waals surface area contributed by atoms with Crippen molar-refractivity contribution in [2.75, 3.05) is 13.2 Å². The van der Waals surface area contributed by atoms with Gasteiger partial charge in [-0.2, -0.15) is 0 Å². The first-order valence-electron chi connectivity index (χ1n) is 7.99. The molecule has 122 valence electrons. The molecule has 0 saturated carbocycles. The van der Waals surface area contributed by atoms with E-state index in [9.17, 15) is 4.79 Å². The van der Waals surface area contributed by atoms with Gasteiger partial charge in [-0.05, 0) is 24.3 Å². The molecular formula is C18H21NO4. The Morgan fingerprint density at radius 1 is 1.26 bits per heavy atom. The lowest BCUT2D eigenvalue weighted by Gasteiger charge is -2.04. The molecule has 1 fully saturated rings. The minimum Gasteiger partial charge on any atom is -0.381 e. The summed E-state index contributed by atoms with van der Waals surface area (Å²) < 4.78 is 16.0. The predicted molar refractivity (Wildman–Crippen MR) is 83.9 cm³/mol. The van der Waals surface area contributed by atoms with Gasteiger partial charge in [0, 0.05) is 25.7 Å². The Balaban J connectivity index is 1.42. The number of hydrogen-bond acceptors (Lipinski definition) is 5. The van der Waals surface area contributed by atoms with Crippen LogP contribution in [0.15, 0.2) is 40.9 Å². The molecule has 0 radical (unpaired) electrons. The maximum Gasteiger partial charge on any atom is 0.202 e. The van der Waals surface area contributed by atoms with Crippen LogP contribution in [0, 0.1) is 5.92 Å². The third kappa shape index (κ3) is 4.74. The summed E-state index contributed by atoms with van der Waals surface area (Å²) in [6.45, 7) is 2.42. The zero-order valence-electron chi connectivity index (χ0n) is 13.1. The van der Waals surface area contributed by atoms with E-state index < -0.39 is 0 Å². The van der Waals surface area contributed by atoms with Crippen LogP contribution in [0.4, 0.5) is 0 Å². The van der Waals surface area contributed by atoms with Gasteiger partial charge in [0.25, 0.3) is 0 Å². The first kappa shape index (κ1) is 15.9. The van der Waals surface area contributed by atoms with Crippen molar-refractivity contribution in [2.45, 2.75) is 32.5 Å². The molecule has 2 aromatic rings. The zero-order chi connectivity index (χ0) is 15.9. The molecule has 23 heavy (non-hydrogen) atoms. The van der Waals surface area contributed by atoms with Gasteiger partial charge in [0.1, 0.15) is 5.69 Å². The third-order valence-corrected chi connectivity index (χ3v) is 4.00. The van der Waals surface area contributed by atoms with E-state index in [0.29, 0.717) is 37.0 Å². The van der Waals surface area contributed by atoms with Gasteiger partial charge in [-0.15, -0.1) is 0 Å². The molecule has 0 bridgehead atoms. The van der Waals surface area contributed by atoms with Crippen molar-refractivity contribution in [1.82, 2.24) is 5.16 Å². The molecule has 1 aliphatic heterocycles. The van der Waals surface area contributed by atoms with E-state index in [0.717, 1.165) is 31.6 Å². The van der Waals surface area contributed by atoms with Crippen molar-refractivity contribution in [2.24, 2.45) is 5.92 Å². The Kier molecular flexibility index (Phi) is 5.56. The first-order chi connectivity index (χ1) is 11.3. The van der Waals surface area contributed by atoms with E-state index >= 15 is 0 Å². The summed E-state index contributed by atoms with van der Waals surface area (Å²) in [5.74, 6) is 0.816. The van der Waals surface area contributed by atoms with Crippen LogP contribution in [0.25, 0.3) is 0 Å². The van der Waals surface area contributed by atoms with Gasteiger partial charge < -0.3 is 14.0 Å². The summed E-state index contributed by atoms with van der Waals surface area (Å²) in [6, 6.07) is 11.6. The lowest BCUT2D eigenvalue weighted by molar-refractivity contribution is 0.0930. The van der Waals surface area contributed by atoms with Gasteiger partial charge in [-0.3, -0.25) is 4.79 Å². The van der Waals surface area contributed by atoms with Crippen molar-refractivity contribution in [1.29, 1.82) is 0 Å². The van der Waals surface area contributed by atoms with E-state index in [2.05, 4.69) is 5.16 Å². The van der Waals surface area contributed by atoms with Gasteiger partial charge in [0.2, 0.25) is 11.5 Å². The predicted octanol–water partition coefficient (Wildman–Crippen LogP) is 3.39. The van der Waals surface area contributed by atoms with E-state index in [-0.39, 0.29) is 5.78 Å². The molecule has 5 heteroatoms. The van der Waals surface area contributed by atoms with E-state index in [1.807, 2.05) is 30.3 Å². The summed E-state index contributed by atoms with van der Waals surface area (Å²) in [5, 5.41) is 3.90. The molecule has 1 aromatic heterocycles. The monoisotopic (exact) mass is 315 g/mol. The van der Waals surface area contributed by atoms with Crippen LogP contribution in [-0.4, -0.2) is 24.2 Å². The average molecular weight is 315 g/mol. The average Bonchev–Trinajstić information content (AvgIpc) is 3.25. The number of aromatic nitrogens is 1. The molecular weight excluding hydrogens is 294 g/mol. The highest BCUT2D eigenvalue weighted by Gasteiger charge is 2.19. The number of benzene rings is 1. The smallest absolute Gasteiger partial charge is 0.202 e. The number of nitrogens with zero attached hydrogens (tertiary/aromatic N) is 1. The minimum absolute atomic E-state index is 0.00120. The molecule has 0 spiro atoms. The van der Waals surface area contributed by atoms with Gasteiger partial charge in [-0.1, -0.05) is 35.5 Å². The van der Waals surface area contributed by atoms with Gasteiger partial charge >= 0.3 is 0 Å². The zero-order valence-corrected chi connectivity index (χ0v) is 13.1. The second-order valence-corrected chi connectivity index (χ2v) is 5.85. The van der Waals surface area contributed by atoms with Crippen LogP contribution < -0.4 is 0 Å². The molecule has 3 rings (SSSR count). The Morgan fingerprint density at radius 2 is 2.13 bits per heavy atom. The van der Waals surface area contributed by atoms with Crippen molar-refractivity contribution in [3.63, 3.8) is 0 Å². The van der Waals surface area contributed by atoms with Crippen LogP contribution in [0.5, 0.6) is 0 Å². The molecule has 0 amide bonds. The van der Waals surface area contributed by atoms with E-state index in [1.165, 1.54) is 0 Å². The number of Topliss-reactive ketones (excluding diaryl/α,β-unsaturated/α-hetero) is 1. The minimum atomic E-state index is -0.00120. The quantitative estimate of drug-likeness (QED) is 0.699. The summed E-state index contributed by atoms with van der Waals surface area (Å²) in [6.07, 6.45) is 2.37.